The highest BCUT2D eigenvalue weighted by Gasteiger charge is 2.07. The molecule has 1 aromatic heterocycles. The van der Waals surface area contributed by atoms with E-state index in [0.29, 0.717) is 18.3 Å². The van der Waals surface area contributed by atoms with E-state index < -0.39 is 6.10 Å². The number of thioether (sulfide) groups is 1. The summed E-state index contributed by atoms with van der Waals surface area (Å²) in [6, 6.07) is 10.1. The average molecular weight is 308 g/mol. The van der Waals surface area contributed by atoms with Crippen LogP contribution in [0.3, 0.4) is 0 Å². The third-order valence-corrected chi connectivity index (χ3v) is 4.90. The smallest absolute Gasteiger partial charge is 0.119 e. The van der Waals surface area contributed by atoms with Crippen molar-refractivity contribution in [3.05, 3.63) is 46.7 Å². The summed E-state index contributed by atoms with van der Waals surface area (Å²) in [6.07, 6.45) is -0.454. The average Bonchev–Trinajstić information content (AvgIpc) is 2.96. The Morgan fingerprint density at radius 2 is 1.95 bits per heavy atom. The molecule has 1 unspecified atom stereocenters. The van der Waals surface area contributed by atoms with Crippen molar-refractivity contribution in [3.8, 4) is 5.75 Å². The highest BCUT2D eigenvalue weighted by Crippen LogP contribution is 2.22. The van der Waals surface area contributed by atoms with E-state index in [4.69, 9.17) is 4.74 Å². The van der Waals surface area contributed by atoms with Crippen LogP contribution in [0, 0.1) is 0 Å². The van der Waals surface area contributed by atoms with Gasteiger partial charge >= 0.3 is 0 Å². The van der Waals surface area contributed by atoms with Gasteiger partial charge in [0.1, 0.15) is 12.4 Å². The summed E-state index contributed by atoms with van der Waals surface area (Å²) in [5, 5.41) is 14.0. The van der Waals surface area contributed by atoms with E-state index in [1.165, 1.54) is 10.5 Å². The molecule has 1 heterocycles. The maximum absolute atomic E-state index is 9.91. The van der Waals surface area contributed by atoms with Crippen molar-refractivity contribution in [2.75, 3.05) is 12.4 Å². The van der Waals surface area contributed by atoms with Gasteiger partial charge in [0.25, 0.3) is 0 Å². The maximum Gasteiger partial charge on any atom is 0.119 e. The minimum Gasteiger partial charge on any atom is -0.491 e. The normalized spacial score (nSPS) is 12.6. The van der Waals surface area contributed by atoms with Crippen LogP contribution in [0.15, 0.2) is 46.0 Å². The van der Waals surface area contributed by atoms with Gasteiger partial charge < -0.3 is 9.84 Å². The summed E-state index contributed by atoms with van der Waals surface area (Å²) in [7, 11) is 0. The minimum atomic E-state index is -0.454. The molecule has 0 aliphatic rings. The fraction of sp³-hybridized carbons (Fsp3) is 0.375. The first kappa shape index (κ1) is 15.4. The first-order valence-electron chi connectivity index (χ1n) is 6.71. The molecule has 1 aromatic carbocycles. The fourth-order valence-electron chi connectivity index (χ4n) is 1.72. The first-order chi connectivity index (χ1) is 9.65. The molecule has 0 bridgehead atoms. The number of benzene rings is 1. The Morgan fingerprint density at radius 3 is 2.55 bits per heavy atom. The lowest BCUT2D eigenvalue weighted by molar-refractivity contribution is 0.126. The van der Waals surface area contributed by atoms with E-state index >= 15 is 0 Å². The van der Waals surface area contributed by atoms with Crippen molar-refractivity contribution in [2.24, 2.45) is 0 Å². The zero-order valence-electron chi connectivity index (χ0n) is 11.8. The first-order valence-corrected chi connectivity index (χ1v) is 8.64. The maximum atomic E-state index is 9.91. The molecule has 2 nitrogen and oxygen atoms in total. The number of hydrogen-bond donors (Lipinski definition) is 1. The van der Waals surface area contributed by atoms with Crippen LogP contribution in [0.1, 0.15) is 25.3 Å². The summed E-state index contributed by atoms with van der Waals surface area (Å²) < 4.78 is 5.61. The quantitative estimate of drug-likeness (QED) is 0.769. The molecule has 20 heavy (non-hydrogen) atoms. The molecule has 1 N–H and O–H groups in total. The second-order valence-electron chi connectivity index (χ2n) is 4.96. The van der Waals surface area contributed by atoms with Gasteiger partial charge in [0, 0.05) is 16.0 Å². The molecule has 0 aliphatic carbocycles. The SMILES string of the molecule is CC(C)c1ccc(OCC(O)CSc2ccsc2)cc1. The number of aliphatic hydroxyl groups excluding tert-OH is 1. The highest BCUT2D eigenvalue weighted by molar-refractivity contribution is 7.99. The van der Waals surface area contributed by atoms with Crippen molar-refractivity contribution in [2.45, 2.75) is 30.8 Å². The zero-order chi connectivity index (χ0) is 14.4. The third-order valence-electron chi connectivity index (χ3n) is 2.93. The van der Waals surface area contributed by atoms with E-state index in [9.17, 15) is 5.11 Å². The van der Waals surface area contributed by atoms with E-state index in [0.717, 1.165) is 5.75 Å². The second kappa shape index (κ2) is 7.72. The van der Waals surface area contributed by atoms with Crippen molar-refractivity contribution in [1.29, 1.82) is 0 Å². The van der Waals surface area contributed by atoms with E-state index in [1.807, 2.05) is 17.5 Å². The van der Waals surface area contributed by atoms with E-state index in [2.05, 4.69) is 37.4 Å². The lowest BCUT2D eigenvalue weighted by Crippen LogP contribution is -2.19. The summed E-state index contributed by atoms with van der Waals surface area (Å²) in [4.78, 5) is 1.20. The lowest BCUT2D eigenvalue weighted by Gasteiger charge is -2.12. The van der Waals surface area contributed by atoms with Crippen LogP contribution < -0.4 is 4.74 Å². The van der Waals surface area contributed by atoms with E-state index in [1.54, 1.807) is 23.1 Å². The standard InChI is InChI=1S/C16H20O2S2/c1-12(2)13-3-5-15(6-4-13)18-9-14(17)10-20-16-7-8-19-11-16/h3-8,11-12,14,17H,9-10H2,1-2H3. The molecule has 2 aromatic rings. The van der Waals surface area contributed by atoms with Gasteiger partial charge in [0.2, 0.25) is 0 Å². The number of aliphatic hydroxyl groups is 1. The van der Waals surface area contributed by atoms with Crippen molar-refractivity contribution in [1.82, 2.24) is 0 Å². The van der Waals surface area contributed by atoms with Crippen LogP contribution in [-0.4, -0.2) is 23.6 Å². The zero-order valence-corrected chi connectivity index (χ0v) is 13.4. The van der Waals surface area contributed by atoms with Crippen molar-refractivity contribution >= 4 is 23.1 Å². The number of hydrogen-bond acceptors (Lipinski definition) is 4. The number of thiophene rings is 1. The third kappa shape index (κ3) is 4.85. The Hall–Kier alpha value is -0.970. The molecule has 0 spiro atoms. The van der Waals surface area contributed by atoms with Crippen LogP contribution in [-0.2, 0) is 0 Å². The van der Waals surface area contributed by atoms with Crippen LogP contribution in [0.25, 0.3) is 0 Å². The van der Waals surface area contributed by atoms with Gasteiger partial charge in [-0.3, -0.25) is 0 Å². The van der Waals surface area contributed by atoms with Crippen LogP contribution >= 0.6 is 23.1 Å². The predicted octanol–water partition coefficient (Wildman–Crippen LogP) is 4.40. The van der Waals surface area contributed by atoms with Crippen LogP contribution in [0.4, 0.5) is 0 Å². The van der Waals surface area contributed by atoms with Crippen LogP contribution in [0.5, 0.6) is 5.75 Å². The van der Waals surface area contributed by atoms with Gasteiger partial charge in [-0.15, -0.1) is 11.8 Å². The predicted molar refractivity (Wildman–Crippen MR) is 87.1 cm³/mol. The minimum absolute atomic E-state index is 0.332. The Balaban J connectivity index is 1.73. The molecule has 0 amide bonds. The molecule has 108 valence electrons. The topological polar surface area (TPSA) is 29.5 Å². The van der Waals surface area contributed by atoms with Gasteiger partial charge in [-0.2, -0.15) is 11.3 Å². The number of ether oxygens (including phenoxy) is 1. The largest absolute Gasteiger partial charge is 0.491 e. The molecule has 0 aliphatic heterocycles. The highest BCUT2D eigenvalue weighted by atomic mass is 32.2. The summed E-state index contributed by atoms with van der Waals surface area (Å²) in [6.45, 7) is 4.67. The molecular weight excluding hydrogens is 288 g/mol. The molecule has 0 fully saturated rings. The van der Waals surface area contributed by atoms with Gasteiger partial charge in [-0.1, -0.05) is 26.0 Å². The Bertz CT molecular complexity index is 492. The Labute approximate surface area is 128 Å². The van der Waals surface area contributed by atoms with Gasteiger partial charge in [0.05, 0.1) is 6.10 Å². The molecule has 2 rings (SSSR count). The molecule has 0 saturated heterocycles. The van der Waals surface area contributed by atoms with Crippen LogP contribution in [0.2, 0.25) is 0 Å². The second-order valence-corrected chi connectivity index (χ2v) is 6.83. The van der Waals surface area contributed by atoms with Crippen molar-refractivity contribution in [3.63, 3.8) is 0 Å². The van der Waals surface area contributed by atoms with Crippen molar-refractivity contribution < 1.29 is 9.84 Å². The monoisotopic (exact) mass is 308 g/mol. The molecular formula is C16H20O2S2. The summed E-state index contributed by atoms with van der Waals surface area (Å²) in [5.41, 5.74) is 1.30. The molecule has 4 heteroatoms. The summed E-state index contributed by atoms with van der Waals surface area (Å²) >= 11 is 3.33. The van der Waals surface area contributed by atoms with E-state index in [-0.39, 0.29) is 0 Å². The van der Waals surface area contributed by atoms with Gasteiger partial charge in [-0.05, 0) is 35.1 Å². The summed E-state index contributed by atoms with van der Waals surface area (Å²) in [5.74, 6) is 1.99. The molecule has 1 atom stereocenters. The fourth-order valence-corrected chi connectivity index (χ4v) is 3.40. The molecule has 0 radical (unpaired) electrons. The van der Waals surface area contributed by atoms with Gasteiger partial charge in [-0.25, -0.2) is 0 Å². The lowest BCUT2D eigenvalue weighted by atomic mass is 10.0. The number of rotatable bonds is 7. The Morgan fingerprint density at radius 1 is 1.20 bits per heavy atom. The molecule has 0 saturated carbocycles. The Kier molecular flexibility index (Phi) is 5.95. The van der Waals surface area contributed by atoms with Gasteiger partial charge in [0.15, 0.2) is 0 Å².